The Morgan fingerprint density at radius 1 is 1.60 bits per heavy atom. The summed E-state index contributed by atoms with van der Waals surface area (Å²) in [5.74, 6) is 0.497. The van der Waals surface area contributed by atoms with Gasteiger partial charge in [-0.05, 0) is 43.2 Å². The fourth-order valence-corrected chi connectivity index (χ4v) is 3.82. The van der Waals surface area contributed by atoms with Crippen molar-refractivity contribution < 1.29 is 4.92 Å². The monoisotopic (exact) mass is 292 g/mol. The summed E-state index contributed by atoms with van der Waals surface area (Å²) in [7, 11) is 1.74. The minimum atomic E-state index is -0.359. The van der Waals surface area contributed by atoms with Crippen molar-refractivity contribution in [1.29, 1.82) is 0 Å². The van der Waals surface area contributed by atoms with E-state index in [1.807, 2.05) is 0 Å². The first-order valence-electron chi connectivity index (χ1n) is 6.58. The molecule has 1 N–H and O–H groups in total. The summed E-state index contributed by atoms with van der Waals surface area (Å²) >= 11 is 1.76. The molecule has 0 radical (unpaired) electrons. The van der Waals surface area contributed by atoms with Crippen molar-refractivity contribution in [3.05, 3.63) is 37.7 Å². The van der Waals surface area contributed by atoms with Gasteiger partial charge in [0.15, 0.2) is 0 Å². The number of hydrogen-bond donors (Lipinski definition) is 1. The summed E-state index contributed by atoms with van der Waals surface area (Å²) in [6.45, 7) is 1.67. The van der Waals surface area contributed by atoms with Crippen molar-refractivity contribution in [3.63, 3.8) is 0 Å². The lowest BCUT2D eigenvalue weighted by Gasteiger charge is -2.24. The fourth-order valence-electron chi connectivity index (χ4n) is 2.83. The Labute approximate surface area is 120 Å². The van der Waals surface area contributed by atoms with Gasteiger partial charge in [-0.15, -0.1) is 11.3 Å². The number of aryl methyl sites for hydroxylation is 3. The Bertz CT molecular complexity index is 661. The number of nitro groups is 1. The highest BCUT2D eigenvalue weighted by atomic mass is 32.1. The summed E-state index contributed by atoms with van der Waals surface area (Å²) in [6, 6.07) is 2.25. The van der Waals surface area contributed by atoms with Crippen molar-refractivity contribution >= 4 is 22.8 Å². The molecule has 106 valence electrons. The summed E-state index contributed by atoms with van der Waals surface area (Å²) < 4.78 is 1.56. The van der Waals surface area contributed by atoms with Gasteiger partial charge in [-0.25, -0.2) is 4.68 Å². The molecule has 0 saturated carbocycles. The van der Waals surface area contributed by atoms with Crippen molar-refractivity contribution in [2.45, 2.75) is 32.2 Å². The summed E-state index contributed by atoms with van der Waals surface area (Å²) in [4.78, 5) is 12.2. The SMILES string of the molecule is Cc1nn(C)c(NC2CCCc3sccc32)c1[N+](=O)[O-]. The Morgan fingerprint density at radius 2 is 2.40 bits per heavy atom. The predicted molar refractivity (Wildman–Crippen MR) is 78.2 cm³/mol. The highest BCUT2D eigenvalue weighted by Crippen LogP contribution is 2.38. The van der Waals surface area contributed by atoms with E-state index in [0.29, 0.717) is 11.5 Å². The molecule has 2 aromatic rings. The zero-order chi connectivity index (χ0) is 14.3. The first-order valence-corrected chi connectivity index (χ1v) is 7.46. The third kappa shape index (κ3) is 2.07. The average molecular weight is 292 g/mol. The summed E-state index contributed by atoms with van der Waals surface area (Å²) in [5, 5.41) is 20.8. The second kappa shape index (κ2) is 4.90. The Morgan fingerprint density at radius 3 is 3.15 bits per heavy atom. The number of aromatic nitrogens is 2. The number of thiophene rings is 1. The van der Waals surface area contributed by atoms with Gasteiger partial charge in [-0.3, -0.25) is 10.1 Å². The third-order valence-corrected chi connectivity index (χ3v) is 4.73. The van der Waals surface area contributed by atoms with Crippen molar-refractivity contribution in [3.8, 4) is 0 Å². The maximum atomic E-state index is 11.2. The second-order valence-corrected chi connectivity index (χ2v) is 6.05. The van der Waals surface area contributed by atoms with Gasteiger partial charge in [0.05, 0.1) is 11.0 Å². The van der Waals surface area contributed by atoms with Gasteiger partial charge in [0, 0.05) is 11.9 Å². The molecule has 3 rings (SSSR count). The van der Waals surface area contributed by atoms with Crippen LogP contribution in [0.3, 0.4) is 0 Å². The van der Waals surface area contributed by atoms with E-state index in [-0.39, 0.29) is 16.7 Å². The standard InChI is InChI=1S/C13H16N4O2S/c1-8-12(17(18)19)13(16(2)15-8)14-10-4-3-5-11-9(10)6-7-20-11/h6-7,10,14H,3-5H2,1-2H3. The van der Waals surface area contributed by atoms with Crippen LogP contribution in [-0.4, -0.2) is 14.7 Å². The lowest BCUT2D eigenvalue weighted by atomic mass is 9.94. The van der Waals surface area contributed by atoms with E-state index in [9.17, 15) is 10.1 Å². The number of nitrogens with one attached hydrogen (secondary N) is 1. The Hall–Kier alpha value is -1.89. The van der Waals surface area contributed by atoms with E-state index < -0.39 is 0 Å². The van der Waals surface area contributed by atoms with Crippen LogP contribution in [0.25, 0.3) is 0 Å². The van der Waals surface area contributed by atoms with Crippen LogP contribution in [0.2, 0.25) is 0 Å². The molecule has 2 aromatic heterocycles. The minimum Gasteiger partial charge on any atom is -0.358 e. The van der Waals surface area contributed by atoms with Crippen LogP contribution in [-0.2, 0) is 13.5 Å². The molecule has 1 aliphatic carbocycles. The van der Waals surface area contributed by atoms with Crippen LogP contribution >= 0.6 is 11.3 Å². The largest absolute Gasteiger partial charge is 0.358 e. The van der Waals surface area contributed by atoms with Gasteiger partial charge < -0.3 is 5.32 Å². The van der Waals surface area contributed by atoms with Gasteiger partial charge in [0.25, 0.3) is 0 Å². The molecule has 0 spiro atoms. The average Bonchev–Trinajstić information content (AvgIpc) is 2.95. The van der Waals surface area contributed by atoms with Crippen LogP contribution < -0.4 is 5.32 Å². The molecule has 20 heavy (non-hydrogen) atoms. The lowest BCUT2D eigenvalue weighted by Crippen LogP contribution is -2.18. The minimum absolute atomic E-state index is 0.0786. The molecule has 1 atom stereocenters. The summed E-state index contributed by atoms with van der Waals surface area (Å²) in [5.41, 5.74) is 1.80. The van der Waals surface area contributed by atoms with Gasteiger partial charge >= 0.3 is 5.69 Å². The molecule has 2 heterocycles. The number of hydrogen-bond acceptors (Lipinski definition) is 5. The van der Waals surface area contributed by atoms with Gasteiger partial charge in [-0.2, -0.15) is 5.10 Å². The molecule has 7 heteroatoms. The van der Waals surface area contributed by atoms with Crippen molar-refractivity contribution in [2.75, 3.05) is 5.32 Å². The second-order valence-electron chi connectivity index (χ2n) is 5.05. The third-order valence-electron chi connectivity index (χ3n) is 3.74. The molecule has 0 saturated heterocycles. The van der Waals surface area contributed by atoms with E-state index in [2.05, 4.69) is 21.9 Å². The molecule has 0 aromatic carbocycles. The van der Waals surface area contributed by atoms with Gasteiger partial charge in [0.1, 0.15) is 5.69 Å². The van der Waals surface area contributed by atoms with E-state index >= 15 is 0 Å². The van der Waals surface area contributed by atoms with E-state index in [0.717, 1.165) is 19.3 Å². The van der Waals surface area contributed by atoms with Crippen LogP contribution in [0.5, 0.6) is 0 Å². The topological polar surface area (TPSA) is 73.0 Å². The maximum Gasteiger partial charge on any atom is 0.333 e. The number of fused-ring (bicyclic) bond motifs is 1. The van der Waals surface area contributed by atoms with Crippen LogP contribution in [0.4, 0.5) is 11.5 Å². The zero-order valence-corrected chi connectivity index (χ0v) is 12.2. The van der Waals surface area contributed by atoms with Crippen molar-refractivity contribution in [1.82, 2.24) is 9.78 Å². The van der Waals surface area contributed by atoms with E-state index in [1.165, 1.54) is 10.4 Å². The molecule has 1 unspecified atom stereocenters. The Kier molecular flexibility index (Phi) is 3.21. The quantitative estimate of drug-likeness (QED) is 0.696. The fraction of sp³-hybridized carbons (Fsp3) is 0.462. The Balaban J connectivity index is 1.96. The van der Waals surface area contributed by atoms with Crippen LogP contribution in [0, 0.1) is 17.0 Å². The maximum absolute atomic E-state index is 11.2. The molecule has 0 aliphatic heterocycles. The molecule has 6 nitrogen and oxygen atoms in total. The normalized spacial score (nSPS) is 17.8. The van der Waals surface area contributed by atoms with Crippen molar-refractivity contribution in [2.24, 2.45) is 7.05 Å². The highest BCUT2D eigenvalue weighted by Gasteiger charge is 2.28. The lowest BCUT2D eigenvalue weighted by molar-refractivity contribution is -0.384. The van der Waals surface area contributed by atoms with Gasteiger partial charge in [0.2, 0.25) is 5.82 Å². The van der Waals surface area contributed by atoms with E-state index in [1.54, 1.807) is 30.0 Å². The first-order chi connectivity index (χ1) is 9.58. The first kappa shape index (κ1) is 13.1. The van der Waals surface area contributed by atoms with Crippen LogP contribution in [0.1, 0.15) is 35.0 Å². The number of rotatable bonds is 3. The highest BCUT2D eigenvalue weighted by molar-refractivity contribution is 7.10. The van der Waals surface area contributed by atoms with E-state index in [4.69, 9.17) is 0 Å². The summed E-state index contributed by atoms with van der Waals surface area (Å²) in [6.07, 6.45) is 3.21. The molecule has 0 fully saturated rings. The smallest absolute Gasteiger partial charge is 0.333 e. The predicted octanol–water partition coefficient (Wildman–Crippen LogP) is 3.19. The molecule has 1 aliphatic rings. The molecule has 0 amide bonds. The molecule has 0 bridgehead atoms. The number of anilines is 1. The zero-order valence-electron chi connectivity index (χ0n) is 11.4. The molecular weight excluding hydrogens is 276 g/mol. The molecular formula is C13H16N4O2S. The number of nitrogens with zero attached hydrogens (tertiary/aromatic N) is 3. The van der Waals surface area contributed by atoms with Gasteiger partial charge in [-0.1, -0.05) is 0 Å². The van der Waals surface area contributed by atoms with Crippen LogP contribution in [0.15, 0.2) is 11.4 Å².